The Bertz CT molecular complexity index is 991. The van der Waals surface area contributed by atoms with E-state index in [1.807, 2.05) is 35.2 Å². The van der Waals surface area contributed by atoms with E-state index >= 15 is 0 Å². The molecule has 1 fully saturated rings. The summed E-state index contributed by atoms with van der Waals surface area (Å²) in [6.45, 7) is 0.788. The SMILES string of the molecule is O=C1CC(C(F)(F)F)N(C(=O)CN2CCC(C(O)c3ccccc3)CC2)c2ccccc2N1. The second-order valence-electron chi connectivity index (χ2n) is 8.56. The van der Waals surface area contributed by atoms with Gasteiger partial charge >= 0.3 is 6.18 Å². The summed E-state index contributed by atoms with van der Waals surface area (Å²) >= 11 is 0. The zero-order valence-electron chi connectivity index (χ0n) is 18.0. The third kappa shape index (κ3) is 5.20. The fraction of sp³-hybridized carbons (Fsp3) is 0.417. The Morgan fingerprint density at radius 3 is 2.36 bits per heavy atom. The lowest BCUT2D eigenvalue weighted by Gasteiger charge is -2.37. The lowest BCUT2D eigenvalue weighted by atomic mass is 9.87. The number of alkyl halides is 3. The van der Waals surface area contributed by atoms with E-state index in [2.05, 4.69) is 5.32 Å². The predicted octanol–water partition coefficient (Wildman–Crippen LogP) is 3.74. The second-order valence-corrected chi connectivity index (χ2v) is 8.56. The van der Waals surface area contributed by atoms with Gasteiger partial charge in [-0.05, 0) is 49.5 Å². The Hall–Kier alpha value is -2.91. The number of anilines is 2. The van der Waals surface area contributed by atoms with Crippen LogP contribution in [0.4, 0.5) is 24.5 Å². The lowest BCUT2D eigenvalue weighted by molar-refractivity contribution is -0.158. The quantitative estimate of drug-likeness (QED) is 0.728. The van der Waals surface area contributed by atoms with E-state index in [1.165, 1.54) is 12.1 Å². The van der Waals surface area contributed by atoms with E-state index in [0.717, 1.165) is 10.5 Å². The van der Waals surface area contributed by atoms with Gasteiger partial charge in [-0.2, -0.15) is 13.2 Å². The molecule has 2 aromatic rings. The molecule has 2 heterocycles. The van der Waals surface area contributed by atoms with Crippen LogP contribution in [0.15, 0.2) is 54.6 Å². The van der Waals surface area contributed by atoms with Gasteiger partial charge in [-0.25, -0.2) is 0 Å². The van der Waals surface area contributed by atoms with Gasteiger partial charge in [0.1, 0.15) is 6.04 Å². The number of likely N-dealkylation sites (tertiary alicyclic amines) is 1. The molecule has 2 atom stereocenters. The minimum atomic E-state index is -4.75. The summed E-state index contributed by atoms with van der Waals surface area (Å²) < 4.78 is 41.6. The monoisotopic (exact) mass is 461 g/mol. The highest BCUT2D eigenvalue weighted by Crippen LogP contribution is 2.38. The molecule has 0 radical (unpaired) electrons. The highest BCUT2D eigenvalue weighted by molar-refractivity contribution is 6.05. The number of nitrogens with zero attached hydrogens (tertiary/aromatic N) is 2. The topological polar surface area (TPSA) is 72.9 Å². The van der Waals surface area contributed by atoms with Gasteiger partial charge in [0.25, 0.3) is 0 Å². The van der Waals surface area contributed by atoms with Crippen molar-refractivity contribution >= 4 is 23.2 Å². The first-order chi connectivity index (χ1) is 15.7. The summed E-state index contributed by atoms with van der Waals surface area (Å²) in [5.41, 5.74) is 1.07. The van der Waals surface area contributed by atoms with Gasteiger partial charge in [-0.1, -0.05) is 42.5 Å². The van der Waals surface area contributed by atoms with Gasteiger partial charge in [-0.3, -0.25) is 19.4 Å². The van der Waals surface area contributed by atoms with Crippen molar-refractivity contribution in [3.63, 3.8) is 0 Å². The van der Waals surface area contributed by atoms with Crippen molar-refractivity contribution in [1.29, 1.82) is 0 Å². The van der Waals surface area contributed by atoms with Gasteiger partial charge in [-0.15, -0.1) is 0 Å². The molecule has 0 aromatic heterocycles. The largest absolute Gasteiger partial charge is 0.409 e. The van der Waals surface area contributed by atoms with Crippen molar-refractivity contribution in [2.75, 3.05) is 29.9 Å². The Morgan fingerprint density at radius 2 is 1.70 bits per heavy atom. The Labute approximate surface area is 190 Å². The summed E-state index contributed by atoms with van der Waals surface area (Å²) in [7, 11) is 0. The first-order valence-electron chi connectivity index (χ1n) is 11.0. The standard InChI is InChI=1S/C24H26F3N3O3/c25-24(26,27)20-14-21(31)28-18-8-4-5-9-19(18)30(20)22(32)15-29-12-10-17(11-13-29)23(33)16-6-2-1-3-7-16/h1-9,17,20,23,33H,10-15H2,(H,28,31). The number of amides is 2. The Morgan fingerprint density at radius 1 is 1.06 bits per heavy atom. The number of para-hydroxylation sites is 2. The average Bonchev–Trinajstić information content (AvgIpc) is 2.95. The van der Waals surface area contributed by atoms with Crippen LogP contribution in [-0.2, 0) is 9.59 Å². The van der Waals surface area contributed by atoms with E-state index < -0.39 is 36.6 Å². The first-order valence-corrected chi connectivity index (χ1v) is 11.0. The smallest absolute Gasteiger partial charge is 0.388 e. The van der Waals surface area contributed by atoms with Crippen LogP contribution in [-0.4, -0.2) is 53.7 Å². The maximum Gasteiger partial charge on any atom is 0.409 e. The van der Waals surface area contributed by atoms with Crippen molar-refractivity contribution in [3.8, 4) is 0 Å². The molecule has 1 saturated heterocycles. The number of benzene rings is 2. The summed E-state index contributed by atoms with van der Waals surface area (Å²) in [4.78, 5) is 27.8. The van der Waals surface area contributed by atoms with Crippen LogP contribution in [0.2, 0.25) is 0 Å². The third-order valence-corrected chi connectivity index (χ3v) is 6.35. The van der Waals surface area contributed by atoms with E-state index in [0.29, 0.717) is 25.9 Å². The fourth-order valence-corrected chi connectivity index (χ4v) is 4.61. The molecule has 0 aliphatic carbocycles. The summed E-state index contributed by atoms with van der Waals surface area (Å²) in [5.74, 6) is -1.47. The van der Waals surface area contributed by atoms with Crippen LogP contribution in [0.3, 0.4) is 0 Å². The number of carbonyl (C=O) groups excluding carboxylic acids is 2. The van der Waals surface area contributed by atoms with Crippen LogP contribution in [0.5, 0.6) is 0 Å². The molecule has 2 N–H and O–H groups in total. The molecule has 6 nitrogen and oxygen atoms in total. The molecule has 0 bridgehead atoms. The summed E-state index contributed by atoms with van der Waals surface area (Å²) in [5, 5.41) is 13.1. The molecule has 2 aromatic carbocycles. The fourth-order valence-electron chi connectivity index (χ4n) is 4.61. The van der Waals surface area contributed by atoms with Crippen molar-refractivity contribution < 1.29 is 27.9 Å². The number of carbonyl (C=O) groups is 2. The number of aliphatic hydroxyl groups excluding tert-OH is 1. The maximum absolute atomic E-state index is 13.9. The zero-order chi connectivity index (χ0) is 23.6. The minimum absolute atomic E-state index is 0.0161. The molecule has 2 aliphatic rings. The first kappa shape index (κ1) is 23.3. The van der Waals surface area contributed by atoms with E-state index in [-0.39, 0.29) is 23.8 Å². The van der Waals surface area contributed by atoms with Gasteiger partial charge in [0, 0.05) is 0 Å². The number of piperidine rings is 1. The number of aliphatic hydroxyl groups is 1. The zero-order valence-corrected chi connectivity index (χ0v) is 18.0. The van der Waals surface area contributed by atoms with Gasteiger partial charge in [0.05, 0.1) is 30.4 Å². The molecule has 2 unspecified atom stereocenters. The van der Waals surface area contributed by atoms with Gasteiger partial charge in [0.2, 0.25) is 11.8 Å². The number of rotatable bonds is 4. The van der Waals surface area contributed by atoms with E-state index in [4.69, 9.17) is 0 Å². The van der Waals surface area contributed by atoms with Crippen LogP contribution >= 0.6 is 0 Å². The lowest BCUT2D eigenvalue weighted by Crippen LogP contribution is -2.53. The molecule has 33 heavy (non-hydrogen) atoms. The van der Waals surface area contributed by atoms with Crippen molar-refractivity contribution in [1.82, 2.24) is 4.90 Å². The molecule has 176 valence electrons. The van der Waals surface area contributed by atoms with Gasteiger partial charge < -0.3 is 10.4 Å². The predicted molar refractivity (Wildman–Crippen MR) is 118 cm³/mol. The number of hydrogen-bond donors (Lipinski definition) is 2. The van der Waals surface area contributed by atoms with E-state index in [1.54, 1.807) is 12.1 Å². The summed E-state index contributed by atoms with van der Waals surface area (Å²) in [6.07, 6.45) is -4.97. The molecule has 4 rings (SSSR count). The molecule has 0 saturated carbocycles. The Balaban J connectivity index is 1.47. The molecule has 9 heteroatoms. The molecule has 2 amide bonds. The van der Waals surface area contributed by atoms with E-state index in [9.17, 15) is 27.9 Å². The summed E-state index contributed by atoms with van der Waals surface area (Å²) in [6, 6.07) is 13.1. The van der Waals surface area contributed by atoms with Crippen LogP contribution < -0.4 is 10.2 Å². The minimum Gasteiger partial charge on any atom is -0.388 e. The third-order valence-electron chi connectivity index (χ3n) is 6.35. The maximum atomic E-state index is 13.9. The number of nitrogens with one attached hydrogen (secondary N) is 1. The van der Waals surface area contributed by atoms with Crippen LogP contribution in [0.25, 0.3) is 0 Å². The molecule has 2 aliphatic heterocycles. The molecular formula is C24H26F3N3O3. The second kappa shape index (κ2) is 9.52. The van der Waals surface area contributed by atoms with Crippen LogP contribution in [0, 0.1) is 5.92 Å². The molecular weight excluding hydrogens is 435 g/mol. The normalized spacial score (nSPS) is 21.2. The highest BCUT2D eigenvalue weighted by atomic mass is 19.4. The number of halogens is 3. The molecule has 0 spiro atoms. The van der Waals surface area contributed by atoms with Crippen molar-refractivity contribution in [2.24, 2.45) is 5.92 Å². The average molecular weight is 461 g/mol. The number of fused-ring (bicyclic) bond motifs is 1. The highest BCUT2D eigenvalue weighted by Gasteiger charge is 2.49. The van der Waals surface area contributed by atoms with Crippen molar-refractivity contribution in [2.45, 2.75) is 37.6 Å². The van der Waals surface area contributed by atoms with Crippen LogP contribution in [0.1, 0.15) is 30.9 Å². The number of hydrogen-bond acceptors (Lipinski definition) is 4. The van der Waals surface area contributed by atoms with Crippen molar-refractivity contribution in [3.05, 3.63) is 60.2 Å². The van der Waals surface area contributed by atoms with Gasteiger partial charge in [0.15, 0.2) is 0 Å². The Kier molecular flexibility index (Phi) is 6.71.